The van der Waals surface area contributed by atoms with Crippen LogP contribution in [-0.2, 0) is 16.0 Å². The van der Waals surface area contributed by atoms with E-state index in [2.05, 4.69) is 4.74 Å². The normalized spacial score (nSPS) is 12.7. The van der Waals surface area contributed by atoms with Gasteiger partial charge in [-0.3, -0.25) is 4.79 Å². The van der Waals surface area contributed by atoms with Crippen LogP contribution < -0.4 is 5.73 Å². The monoisotopic (exact) mass is 261 g/mol. The van der Waals surface area contributed by atoms with Gasteiger partial charge in [-0.1, -0.05) is 12.1 Å². The molecular weight excluding hydrogens is 247 g/mol. The summed E-state index contributed by atoms with van der Waals surface area (Å²) in [5, 5.41) is 0. The number of carbonyl (C=O) groups excluding carboxylic acids is 1. The van der Waals surface area contributed by atoms with E-state index in [4.69, 9.17) is 5.73 Å². The summed E-state index contributed by atoms with van der Waals surface area (Å²) in [6.45, 7) is -3.43. The Balaban J connectivity index is 2.34. The third-order valence-electron chi connectivity index (χ3n) is 2.39. The lowest BCUT2D eigenvalue weighted by molar-refractivity contribution is -0.140. The Bertz CT molecular complexity index is 381. The minimum Gasteiger partial charge on any atom is -0.321 e. The molecule has 3 nitrogen and oxygen atoms in total. The van der Waals surface area contributed by atoms with E-state index in [-0.39, 0.29) is 18.0 Å². The van der Waals surface area contributed by atoms with Crippen LogP contribution in [0.2, 0.25) is 0 Å². The standard InChI is InChI=1S/C12H14F3NO2/c13-9-4-1-8(2-5-9)3-6-11(17)10(16)7-18-12(14)15/h1-2,4-5,10,12H,3,6-7,16H2. The predicted octanol–water partition coefficient (Wildman–Crippen LogP) is 1.89. The number of hydrogen-bond donors (Lipinski definition) is 1. The van der Waals surface area contributed by atoms with Gasteiger partial charge in [0.25, 0.3) is 0 Å². The van der Waals surface area contributed by atoms with E-state index in [0.29, 0.717) is 6.42 Å². The van der Waals surface area contributed by atoms with E-state index in [9.17, 15) is 18.0 Å². The van der Waals surface area contributed by atoms with Gasteiger partial charge in [0, 0.05) is 6.42 Å². The van der Waals surface area contributed by atoms with Crippen LogP contribution in [0.4, 0.5) is 13.2 Å². The third kappa shape index (κ3) is 5.29. The van der Waals surface area contributed by atoms with Crippen molar-refractivity contribution in [1.82, 2.24) is 0 Å². The molecule has 0 fully saturated rings. The number of carbonyl (C=O) groups is 1. The van der Waals surface area contributed by atoms with E-state index >= 15 is 0 Å². The molecule has 1 unspecified atom stereocenters. The van der Waals surface area contributed by atoms with Gasteiger partial charge in [-0.15, -0.1) is 0 Å². The molecule has 1 aromatic rings. The molecule has 0 heterocycles. The van der Waals surface area contributed by atoms with E-state index in [1.165, 1.54) is 12.1 Å². The van der Waals surface area contributed by atoms with Crippen molar-refractivity contribution >= 4 is 5.78 Å². The van der Waals surface area contributed by atoms with Crippen molar-refractivity contribution in [3.8, 4) is 0 Å². The zero-order chi connectivity index (χ0) is 13.5. The molecule has 0 aliphatic carbocycles. The molecule has 1 atom stereocenters. The molecule has 2 N–H and O–H groups in total. The lowest BCUT2D eigenvalue weighted by Crippen LogP contribution is -2.36. The number of ether oxygens (including phenoxy) is 1. The number of aryl methyl sites for hydroxylation is 1. The molecule has 0 spiro atoms. The Morgan fingerprint density at radius 1 is 1.28 bits per heavy atom. The van der Waals surface area contributed by atoms with Crippen LogP contribution in [0.1, 0.15) is 12.0 Å². The Kier molecular flexibility index (Phi) is 5.80. The average Bonchev–Trinajstić information content (AvgIpc) is 2.34. The van der Waals surface area contributed by atoms with Gasteiger partial charge in [0.2, 0.25) is 0 Å². The maximum atomic E-state index is 12.6. The van der Waals surface area contributed by atoms with Crippen molar-refractivity contribution in [2.75, 3.05) is 6.61 Å². The number of hydrogen-bond acceptors (Lipinski definition) is 3. The Hall–Kier alpha value is -1.40. The van der Waals surface area contributed by atoms with Gasteiger partial charge in [0.05, 0.1) is 12.6 Å². The molecular formula is C12H14F3NO2. The van der Waals surface area contributed by atoms with Crippen LogP contribution >= 0.6 is 0 Å². The number of halogens is 3. The highest BCUT2D eigenvalue weighted by atomic mass is 19.3. The second-order valence-electron chi connectivity index (χ2n) is 3.79. The summed E-state index contributed by atoms with van der Waals surface area (Å²) in [5.41, 5.74) is 6.17. The van der Waals surface area contributed by atoms with E-state index in [1.54, 1.807) is 12.1 Å². The number of rotatable bonds is 7. The fraction of sp³-hybridized carbons (Fsp3) is 0.417. The summed E-state index contributed by atoms with van der Waals surface area (Å²) in [5.74, 6) is -0.716. The van der Waals surface area contributed by atoms with Crippen molar-refractivity contribution < 1.29 is 22.7 Å². The summed E-state index contributed by atoms with van der Waals surface area (Å²) in [6.07, 6.45) is 0.501. The summed E-state index contributed by atoms with van der Waals surface area (Å²) < 4.78 is 40.0. The molecule has 0 saturated carbocycles. The van der Waals surface area contributed by atoms with Gasteiger partial charge in [-0.2, -0.15) is 8.78 Å². The summed E-state index contributed by atoms with van der Waals surface area (Å²) in [6, 6.07) is 4.65. The third-order valence-corrected chi connectivity index (χ3v) is 2.39. The second kappa shape index (κ2) is 7.13. The number of benzene rings is 1. The summed E-state index contributed by atoms with van der Waals surface area (Å²) >= 11 is 0. The number of alkyl halides is 2. The Morgan fingerprint density at radius 3 is 2.44 bits per heavy atom. The maximum absolute atomic E-state index is 12.6. The minimum absolute atomic E-state index is 0.111. The van der Waals surface area contributed by atoms with Crippen molar-refractivity contribution in [3.05, 3.63) is 35.6 Å². The van der Waals surface area contributed by atoms with Crippen molar-refractivity contribution in [1.29, 1.82) is 0 Å². The van der Waals surface area contributed by atoms with Crippen molar-refractivity contribution in [2.24, 2.45) is 5.73 Å². The Labute approximate surface area is 103 Å². The van der Waals surface area contributed by atoms with Crippen LogP contribution in [0.3, 0.4) is 0 Å². The van der Waals surface area contributed by atoms with Crippen LogP contribution in [-0.4, -0.2) is 25.0 Å². The van der Waals surface area contributed by atoms with Gasteiger partial charge < -0.3 is 10.5 Å². The van der Waals surface area contributed by atoms with E-state index in [1.807, 2.05) is 0 Å². The molecule has 0 amide bonds. The highest BCUT2D eigenvalue weighted by Gasteiger charge is 2.15. The van der Waals surface area contributed by atoms with Crippen molar-refractivity contribution in [2.45, 2.75) is 25.5 Å². The number of ketones is 1. The van der Waals surface area contributed by atoms with Crippen LogP contribution in [0.25, 0.3) is 0 Å². The fourth-order valence-corrected chi connectivity index (χ4v) is 1.37. The van der Waals surface area contributed by atoms with Crippen molar-refractivity contribution in [3.63, 3.8) is 0 Å². The smallest absolute Gasteiger partial charge is 0.321 e. The van der Waals surface area contributed by atoms with Crippen LogP contribution in [0, 0.1) is 5.82 Å². The molecule has 0 bridgehead atoms. The first-order valence-corrected chi connectivity index (χ1v) is 5.41. The number of nitrogens with two attached hydrogens (primary N) is 1. The first-order chi connectivity index (χ1) is 8.49. The lowest BCUT2D eigenvalue weighted by Gasteiger charge is -2.10. The van der Waals surface area contributed by atoms with E-state index < -0.39 is 19.3 Å². The van der Waals surface area contributed by atoms with Gasteiger partial charge in [-0.25, -0.2) is 4.39 Å². The first-order valence-electron chi connectivity index (χ1n) is 5.41. The highest BCUT2D eigenvalue weighted by molar-refractivity contribution is 5.84. The van der Waals surface area contributed by atoms with Gasteiger partial charge >= 0.3 is 6.61 Å². The van der Waals surface area contributed by atoms with Gasteiger partial charge in [0.1, 0.15) is 5.82 Å². The molecule has 0 radical (unpaired) electrons. The fourth-order valence-electron chi connectivity index (χ4n) is 1.37. The van der Waals surface area contributed by atoms with Crippen LogP contribution in [0.15, 0.2) is 24.3 Å². The van der Waals surface area contributed by atoms with Gasteiger partial charge in [0.15, 0.2) is 5.78 Å². The largest absolute Gasteiger partial charge is 0.345 e. The lowest BCUT2D eigenvalue weighted by atomic mass is 10.0. The molecule has 0 aromatic heterocycles. The Morgan fingerprint density at radius 2 is 1.89 bits per heavy atom. The number of Topliss-reactive ketones (excluding diaryl/α,β-unsaturated/α-hetero) is 1. The summed E-state index contributed by atoms with van der Waals surface area (Å²) in [7, 11) is 0. The maximum Gasteiger partial charge on any atom is 0.345 e. The first kappa shape index (κ1) is 14.7. The zero-order valence-electron chi connectivity index (χ0n) is 9.61. The summed E-state index contributed by atoms with van der Waals surface area (Å²) in [4.78, 5) is 11.5. The molecule has 1 rings (SSSR count). The quantitative estimate of drug-likeness (QED) is 0.815. The second-order valence-corrected chi connectivity index (χ2v) is 3.79. The molecule has 6 heteroatoms. The average molecular weight is 261 g/mol. The van der Waals surface area contributed by atoms with Crippen LogP contribution in [0.5, 0.6) is 0 Å². The van der Waals surface area contributed by atoms with E-state index in [0.717, 1.165) is 5.56 Å². The minimum atomic E-state index is -2.93. The predicted molar refractivity (Wildman–Crippen MR) is 59.7 cm³/mol. The van der Waals surface area contributed by atoms with Gasteiger partial charge in [-0.05, 0) is 24.1 Å². The highest BCUT2D eigenvalue weighted by Crippen LogP contribution is 2.07. The molecule has 0 aliphatic heterocycles. The molecule has 100 valence electrons. The molecule has 0 saturated heterocycles. The SMILES string of the molecule is NC(COC(F)F)C(=O)CCc1ccc(F)cc1. The topological polar surface area (TPSA) is 52.3 Å². The zero-order valence-corrected chi connectivity index (χ0v) is 9.61. The molecule has 1 aromatic carbocycles. The molecule has 18 heavy (non-hydrogen) atoms. The molecule has 0 aliphatic rings.